The van der Waals surface area contributed by atoms with E-state index >= 15 is 0 Å². The highest BCUT2D eigenvalue weighted by molar-refractivity contribution is 6.02. The highest BCUT2D eigenvalue weighted by Gasteiger charge is 2.17. The second-order valence-corrected chi connectivity index (χ2v) is 3.70. The number of ketones is 1. The standard InChI is InChI=1S/C12H9N3O/c13-7-3-1-4-8-11(7)14-9-5-2-6-10(16)12(9)15-8/h1-5H,6,13H2. The number of benzene rings is 1. The van der Waals surface area contributed by atoms with Gasteiger partial charge >= 0.3 is 0 Å². The molecule has 16 heavy (non-hydrogen) atoms. The normalized spacial score (nSPS) is 14.1. The van der Waals surface area contributed by atoms with Gasteiger partial charge in [-0.1, -0.05) is 12.1 Å². The quantitative estimate of drug-likeness (QED) is 0.675. The van der Waals surface area contributed by atoms with E-state index in [1.807, 2.05) is 18.2 Å². The Morgan fingerprint density at radius 2 is 2.12 bits per heavy atom. The van der Waals surface area contributed by atoms with E-state index in [2.05, 4.69) is 9.97 Å². The molecule has 4 nitrogen and oxygen atoms in total. The summed E-state index contributed by atoms with van der Waals surface area (Å²) >= 11 is 0. The Balaban J connectivity index is 2.40. The van der Waals surface area contributed by atoms with Crippen LogP contribution in [0.4, 0.5) is 5.69 Å². The first-order valence-electron chi connectivity index (χ1n) is 5.02. The molecule has 0 saturated carbocycles. The van der Waals surface area contributed by atoms with Gasteiger partial charge in [0.1, 0.15) is 11.2 Å². The van der Waals surface area contributed by atoms with Gasteiger partial charge in [-0.05, 0) is 18.2 Å². The van der Waals surface area contributed by atoms with E-state index in [-0.39, 0.29) is 5.78 Å². The van der Waals surface area contributed by atoms with Gasteiger partial charge in [0.05, 0.1) is 16.9 Å². The Labute approximate surface area is 91.8 Å². The van der Waals surface area contributed by atoms with Crippen LogP contribution < -0.4 is 5.73 Å². The molecule has 1 heterocycles. The monoisotopic (exact) mass is 211 g/mol. The van der Waals surface area contributed by atoms with Crippen LogP contribution in [0.5, 0.6) is 0 Å². The van der Waals surface area contributed by atoms with E-state index in [0.717, 1.165) is 0 Å². The van der Waals surface area contributed by atoms with Crippen molar-refractivity contribution in [3.8, 4) is 0 Å². The zero-order valence-electron chi connectivity index (χ0n) is 8.47. The first-order valence-corrected chi connectivity index (χ1v) is 5.02. The summed E-state index contributed by atoms with van der Waals surface area (Å²) in [6.45, 7) is 0. The average Bonchev–Trinajstić information content (AvgIpc) is 2.29. The number of anilines is 1. The van der Waals surface area contributed by atoms with Crippen molar-refractivity contribution in [2.45, 2.75) is 6.42 Å². The number of fused-ring (bicyclic) bond motifs is 2. The van der Waals surface area contributed by atoms with Gasteiger partial charge in [-0.2, -0.15) is 0 Å². The minimum absolute atomic E-state index is 0.00863. The van der Waals surface area contributed by atoms with E-state index in [4.69, 9.17) is 5.73 Å². The fourth-order valence-corrected chi connectivity index (χ4v) is 1.81. The lowest BCUT2D eigenvalue weighted by Gasteiger charge is -2.09. The molecular formula is C12H9N3O. The molecule has 1 aliphatic carbocycles. The molecule has 0 atom stereocenters. The molecule has 2 aromatic rings. The van der Waals surface area contributed by atoms with Crippen LogP contribution in [0, 0.1) is 0 Å². The van der Waals surface area contributed by atoms with Gasteiger partial charge in [0.2, 0.25) is 0 Å². The summed E-state index contributed by atoms with van der Waals surface area (Å²) in [5, 5.41) is 0. The third-order valence-corrected chi connectivity index (χ3v) is 2.60. The smallest absolute Gasteiger partial charge is 0.187 e. The molecular weight excluding hydrogens is 202 g/mol. The molecule has 4 heteroatoms. The summed E-state index contributed by atoms with van der Waals surface area (Å²) in [5.74, 6) is 0.00863. The van der Waals surface area contributed by atoms with Gasteiger partial charge in [0.15, 0.2) is 5.78 Å². The molecule has 78 valence electrons. The van der Waals surface area contributed by atoms with Crippen LogP contribution in [0.2, 0.25) is 0 Å². The van der Waals surface area contributed by atoms with Crippen LogP contribution in [0.25, 0.3) is 17.1 Å². The number of Topliss-reactive ketones (excluding diaryl/α,β-unsaturated/α-hetero) is 1. The highest BCUT2D eigenvalue weighted by atomic mass is 16.1. The predicted molar refractivity (Wildman–Crippen MR) is 61.9 cm³/mol. The summed E-state index contributed by atoms with van der Waals surface area (Å²) in [7, 11) is 0. The Morgan fingerprint density at radius 3 is 3.00 bits per heavy atom. The Morgan fingerprint density at radius 1 is 1.25 bits per heavy atom. The summed E-state index contributed by atoms with van der Waals surface area (Å²) in [6, 6.07) is 5.39. The van der Waals surface area contributed by atoms with Gasteiger partial charge in [-0.3, -0.25) is 4.79 Å². The molecule has 0 fully saturated rings. The number of hydrogen-bond donors (Lipinski definition) is 1. The van der Waals surface area contributed by atoms with E-state index < -0.39 is 0 Å². The lowest BCUT2D eigenvalue weighted by molar-refractivity contribution is 0.0989. The maximum absolute atomic E-state index is 11.6. The maximum atomic E-state index is 11.6. The van der Waals surface area contributed by atoms with Crippen molar-refractivity contribution in [3.63, 3.8) is 0 Å². The van der Waals surface area contributed by atoms with Crippen molar-refractivity contribution in [1.82, 2.24) is 9.97 Å². The number of allylic oxidation sites excluding steroid dienone is 1. The summed E-state index contributed by atoms with van der Waals surface area (Å²) in [6.07, 6.45) is 4.01. The number of para-hydroxylation sites is 1. The number of nitrogen functional groups attached to an aromatic ring is 1. The topological polar surface area (TPSA) is 68.9 Å². The van der Waals surface area contributed by atoms with Crippen molar-refractivity contribution in [1.29, 1.82) is 0 Å². The largest absolute Gasteiger partial charge is 0.397 e. The van der Waals surface area contributed by atoms with Crippen LogP contribution in [-0.4, -0.2) is 15.8 Å². The van der Waals surface area contributed by atoms with Crippen LogP contribution >= 0.6 is 0 Å². The zero-order chi connectivity index (χ0) is 11.1. The van der Waals surface area contributed by atoms with Crippen LogP contribution in [0.1, 0.15) is 22.6 Å². The molecule has 2 N–H and O–H groups in total. The molecule has 1 aromatic carbocycles. The van der Waals surface area contributed by atoms with E-state index in [0.29, 0.717) is 34.5 Å². The first kappa shape index (κ1) is 9.03. The number of nitrogens with two attached hydrogens (primary N) is 1. The number of aromatic nitrogens is 2. The average molecular weight is 211 g/mol. The maximum Gasteiger partial charge on any atom is 0.187 e. The van der Waals surface area contributed by atoms with E-state index in [9.17, 15) is 4.79 Å². The summed E-state index contributed by atoms with van der Waals surface area (Å²) in [5.41, 5.74) is 8.77. The molecule has 1 aliphatic rings. The summed E-state index contributed by atoms with van der Waals surface area (Å²) < 4.78 is 0. The minimum Gasteiger partial charge on any atom is -0.397 e. The fraction of sp³-hybridized carbons (Fsp3) is 0.0833. The van der Waals surface area contributed by atoms with Crippen molar-refractivity contribution in [3.05, 3.63) is 35.7 Å². The molecule has 0 radical (unpaired) electrons. The predicted octanol–water partition coefficient (Wildman–Crippen LogP) is 1.81. The molecule has 0 aliphatic heterocycles. The minimum atomic E-state index is 0.00863. The van der Waals surface area contributed by atoms with Crippen molar-refractivity contribution < 1.29 is 4.79 Å². The van der Waals surface area contributed by atoms with Crippen LogP contribution in [-0.2, 0) is 0 Å². The second kappa shape index (κ2) is 3.13. The van der Waals surface area contributed by atoms with Crippen molar-refractivity contribution in [2.75, 3.05) is 5.73 Å². The van der Waals surface area contributed by atoms with Gasteiger partial charge in [-0.15, -0.1) is 0 Å². The zero-order valence-corrected chi connectivity index (χ0v) is 8.47. The molecule has 3 rings (SSSR count). The molecule has 0 spiro atoms. The van der Waals surface area contributed by atoms with Crippen molar-refractivity contribution >= 4 is 28.6 Å². The Kier molecular flexibility index (Phi) is 1.77. The number of carbonyl (C=O) groups excluding carboxylic acids is 1. The SMILES string of the molecule is Nc1cccc2nc3c(nc12)C=CCC3=O. The lowest BCUT2D eigenvalue weighted by Crippen LogP contribution is -2.10. The Bertz CT molecular complexity index is 631. The molecule has 0 saturated heterocycles. The highest BCUT2D eigenvalue weighted by Crippen LogP contribution is 2.22. The Hall–Kier alpha value is -2.23. The number of hydrogen-bond acceptors (Lipinski definition) is 4. The van der Waals surface area contributed by atoms with Crippen LogP contribution in [0.3, 0.4) is 0 Å². The third-order valence-electron chi connectivity index (χ3n) is 2.60. The van der Waals surface area contributed by atoms with Gasteiger partial charge in [0, 0.05) is 6.42 Å². The van der Waals surface area contributed by atoms with Gasteiger partial charge < -0.3 is 5.73 Å². The van der Waals surface area contributed by atoms with E-state index in [1.165, 1.54) is 0 Å². The fourth-order valence-electron chi connectivity index (χ4n) is 1.81. The molecule has 1 aromatic heterocycles. The summed E-state index contributed by atoms with van der Waals surface area (Å²) in [4.78, 5) is 20.3. The molecule has 0 bridgehead atoms. The number of nitrogens with zero attached hydrogens (tertiary/aromatic N) is 2. The van der Waals surface area contributed by atoms with E-state index in [1.54, 1.807) is 12.1 Å². The molecule has 0 amide bonds. The van der Waals surface area contributed by atoms with Crippen molar-refractivity contribution in [2.24, 2.45) is 0 Å². The third kappa shape index (κ3) is 1.20. The number of rotatable bonds is 0. The number of carbonyl (C=O) groups is 1. The first-order chi connectivity index (χ1) is 7.75. The van der Waals surface area contributed by atoms with Gasteiger partial charge in [0.25, 0.3) is 0 Å². The second-order valence-electron chi connectivity index (χ2n) is 3.70. The van der Waals surface area contributed by atoms with Gasteiger partial charge in [-0.25, -0.2) is 9.97 Å². The lowest BCUT2D eigenvalue weighted by atomic mass is 10.1. The molecule has 0 unspecified atom stereocenters. The van der Waals surface area contributed by atoms with Crippen LogP contribution in [0.15, 0.2) is 24.3 Å².